The minimum atomic E-state index is 0.109. The quantitative estimate of drug-likeness (QED) is 0.498. The van der Waals surface area contributed by atoms with Gasteiger partial charge in [0.15, 0.2) is 0 Å². The Bertz CT molecular complexity index is 231. The lowest BCUT2D eigenvalue weighted by Crippen LogP contribution is -2.37. The summed E-state index contributed by atoms with van der Waals surface area (Å²) in [6, 6.07) is 0. The van der Waals surface area contributed by atoms with Crippen LogP contribution in [0.3, 0.4) is 0 Å². The van der Waals surface area contributed by atoms with Gasteiger partial charge in [-0.05, 0) is 25.0 Å². The molecule has 2 heteroatoms. The SMILES string of the molecule is C=CN(CC1CC1)C(=NC)C(C)(C)C. The Morgan fingerprint density at radius 1 is 1.50 bits per heavy atom. The Kier molecular flexibility index (Phi) is 3.35. The van der Waals surface area contributed by atoms with E-state index in [0.29, 0.717) is 0 Å². The van der Waals surface area contributed by atoms with Crippen LogP contribution in [0.1, 0.15) is 33.6 Å². The van der Waals surface area contributed by atoms with Gasteiger partial charge in [0.05, 0.1) is 0 Å². The topological polar surface area (TPSA) is 15.6 Å². The highest BCUT2D eigenvalue weighted by Crippen LogP contribution is 2.31. The van der Waals surface area contributed by atoms with Gasteiger partial charge in [-0.2, -0.15) is 0 Å². The van der Waals surface area contributed by atoms with Crippen LogP contribution in [-0.2, 0) is 0 Å². The van der Waals surface area contributed by atoms with Crippen LogP contribution in [0.2, 0.25) is 0 Å². The molecule has 0 spiro atoms. The van der Waals surface area contributed by atoms with E-state index in [1.54, 1.807) is 0 Å². The third-order valence-electron chi connectivity index (χ3n) is 2.53. The second-order valence-electron chi connectivity index (χ2n) is 5.08. The van der Waals surface area contributed by atoms with Gasteiger partial charge in [-0.25, -0.2) is 0 Å². The number of hydrogen-bond donors (Lipinski definition) is 0. The van der Waals surface area contributed by atoms with Crippen molar-refractivity contribution in [1.29, 1.82) is 0 Å². The molecule has 0 aromatic carbocycles. The third-order valence-corrected chi connectivity index (χ3v) is 2.53. The maximum atomic E-state index is 4.38. The first-order valence-electron chi connectivity index (χ1n) is 5.35. The summed E-state index contributed by atoms with van der Waals surface area (Å²) in [7, 11) is 1.87. The molecule has 0 amide bonds. The van der Waals surface area contributed by atoms with Crippen LogP contribution in [-0.4, -0.2) is 24.3 Å². The number of nitrogens with zero attached hydrogens (tertiary/aromatic N) is 2. The third kappa shape index (κ3) is 2.86. The Labute approximate surface area is 87.7 Å². The predicted molar refractivity (Wildman–Crippen MR) is 62.4 cm³/mol. The zero-order valence-corrected chi connectivity index (χ0v) is 9.88. The van der Waals surface area contributed by atoms with Crippen LogP contribution in [0, 0.1) is 11.3 Å². The van der Waals surface area contributed by atoms with Crippen LogP contribution in [0.25, 0.3) is 0 Å². The van der Waals surface area contributed by atoms with Gasteiger partial charge in [-0.1, -0.05) is 27.4 Å². The van der Waals surface area contributed by atoms with Crippen LogP contribution in [0.15, 0.2) is 17.8 Å². The fourth-order valence-corrected chi connectivity index (χ4v) is 1.72. The summed E-state index contributed by atoms with van der Waals surface area (Å²) >= 11 is 0. The molecule has 2 nitrogen and oxygen atoms in total. The molecule has 0 unspecified atom stereocenters. The van der Waals surface area contributed by atoms with Crippen molar-refractivity contribution in [2.24, 2.45) is 16.3 Å². The van der Waals surface area contributed by atoms with Crippen LogP contribution in [0.5, 0.6) is 0 Å². The lowest BCUT2D eigenvalue weighted by atomic mass is 9.94. The van der Waals surface area contributed by atoms with Crippen LogP contribution in [0.4, 0.5) is 0 Å². The number of hydrogen-bond acceptors (Lipinski definition) is 1. The molecule has 1 saturated carbocycles. The molecule has 0 radical (unpaired) electrons. The summed E-state index contributed by atoms with van der Waals surface area (Å²) < 4.78 is 0. The van der Waals surface area contributed by atoms with E-state index in [1.165, 1.54) is 12.8 Å². The summed E-state index contributed by atoms with van der Waals surface area (Å²) in [4.78, 5) is 6.59. The van der Waals surface area contributed by atoms with Crippen molar-refractivity contribution in [2.75, 3.05) is 13.6 Å². The van der Waals surface area contributed by atoms with Crippen molar-refractivity contribution in [3.63, 3.8) is 0 Å². The molecule has 80 valence electrons. The average molecular weight is 194 g/mol. The Morgan fingerprint density at radius 3 is 2.36 bits per heavy atom. The fraction of sp³-hybridized carbons (Fsp3) is 0.750. The van der Waals surface area contributed by atoms with Crippen molar-refractivity contribution in [2.45, 2.75) is 33.6 Å². The number of aliphatic imine (C=N–C) groups is 1. The van der Waals surface area contributed by atoms with E-state index in [1.807, 2.05) is 13.2 Å². The highest BCUT2D eigenvalue weighted by Gasteiger charge is 2.28. The Balaban J connectivity index is 2.68. The van der Waals surface area contributed by atoms with Crippen molar-refractivity contribution < 1.29 is 0 Å². The molecule has 0 saturated heterocycles. The number of rotatable bonds is 3. The Hall–Kier alpha value is -0.790. The predicted octanol–water partition coefficient (Wildman–Crippen LogP) is 2.92. The van der Waals surface area contributed by atoms with Gasteiger partial charge < -0.3 is 4.90 Å². The molecule has 1 rings (SSSR count). The first-order chi connectivity index (χ1) is 6.49. The largest absolute Gasteiger partial charge is 0.337 e. The van der Waals surface area contributed by atoms with E-state index in [2.05, 4.69) is 37.2 Å². The molecule has 0 aromatic heterocycles. The van der Waals surface area contributed by atoms with Gasteiger partial charge in [-0.3, -0.25) is 4.99 Å². The van der Waals surface area contributed by atoms with Crippen LogP contribution >= 0.6 is 0 Å². The van der Waals surface area contributed by atoms with Crippen molar-refractivity contribution >= 4 is 5.84 Å². The van der Waals surface area contributed by atoms with Gasteiger partial charge >= 0.3 is 0 Å². The minimum Gasteiger partial charge on any atom is -0.337 e. The minimum absolute atomic E-state index is 0.109. The van der Waals surface area contributed by atoms with Gasteiger partial charge in [0, 0.05) is 19.0 Å². The first-order valence-corrected chi connectivity index (χ1v) is 5.35. The highest BCUT2D eigenvalue weighted by atomic mass is 15.2. The highest BCUT2D eigenvalue weighted by molar-refractivity contribution is 5.87. The normalized spacial score (nSPS) is 18.1. The summed E-state index contributed by atoms with van der Waals surface area (Å²) in [5.74, 6) is 2.01. The molecular formula is C12H22N2. The molecule has 0 heterocycles. The standard InChI is InChI=1S/C12H22N2/c1-6-14(9-10-7-8-10)11(13-5)12(2,3)4/h6,10H,1,7-9H2,2-5H3. The second kappa shape index (κ2) is 4.16. The van der Waals surface area contributed by atoms with Crippen LogP contribution < -0.4 is 0 Å². The van der Waals surface area contributed by atoms with Gasteiger partial charge in [-0.15, -0.1) is 0 Å². The van der Waals surface area contributed by atoms with E-state index in [0.717, 1.165) is 18.3 Å². The Morgan fingerprint density at radius 2 is 2.07 bits per heavy atom. The summed E-state index contributed by atoms with van der Waals surface area (Å²) in [6.07, 6.45) is 4.64. The van der Waals surface area contributed by atoms with Crippen molar-refractivity contribution in [3.8, 4) is 0 Å². The zero-order chi connectivity index (χ0) is 10.8. The molecule has 0 aliphatic heterocycles. The summed E-state index contributed by atoms with van der Waals surface area (Å²) in [5, 5.41) is 0. The van der Waals surface area contributed by atoms with E-state index in [4.69, 9.17) is 0 Å². The molecule has 1 aliphatic carbocycles. The van der Waals surface area contributed by atoms with Gasteiger partial charge in [0.25, 0.3) is 0 Å². The summed E-state index contributed by atoms with van der Waals surface area (Å²) in [5.41, 5.74) is 0.109. The zero-order valence-electron chi connectivity index (χ0n) is 9.88. The molecule has 0 aromatic rings. The smallest absolute Gasteiger partial charge is 0.108 e. The molecule has 0 bridgehead atoms. The van der Waals surface area contributed by atoms with E-state index in [9.17, 15) is 0 Å². The fourth-order valence-electron chi connectivity index (χ4n) is 1.72. The first kappa shape index (κ1) is 11.3. The lowest BCUT2D eigenvalue weighted by Gasteiger charge is -2.30. The van der Waals surface area contributed by atoms with E-state index in [-0.39, 0.29) is 5.41 Å². The maximum Gasteiger partial charge on any atom is 0.108 e. The summed E-state index contributed by atoms with van der Waals surface area (Å²) in [6.45, 7) is 11.5. The monoisotopic (exact) mass is 194 g/mol. The lowest BCUT2D eigenvalue weighted by molar-refractivity contribution is 0.441. The van der Waals surface area contributed by atoms with Crippen molar-refractivity contribution in [1.82, 2.24) is 4.90 Å². The maximum absolute atomic E-state index is 4.38. The average Bonchev–Trinajstić information content (AvgIpc) is 2.85. The second-order valence-corrected chi connectivity index (χ2v) is 5.08. The molecule has 1 aliphatic rings. The molecular weight excluding hydrogens is 172 g/mol. The van der Waals surface area contributed by atoms with Crippen molar-refractivity contribution in [3.05, 3.63) is 12.8 Å². The molecule has 14 heavy (non-hydrogen) atoms. The van der Waals surface area contributed by atoms with Gasteiger partial charge in [0.2, 0.25) is 0 Å². The molecule has 0 atom stereocenters. The molecule has 1 fully saturated rings. The van der Waals surface area contributed by atoms with Gasteiger partial charge in [0.1, 0.15) is 5.84 Å². The molecule has 0 N–H and O–H groups in total. The number of amidine groups is 1. The van der Waals surface area contributed by atoms with E-state index < -0.39 is 0 Å². The van der Waals surface area contributed by atoms with E-state index >= 15 is 0 Å².